The van der Waals surface area contributed by atoms with E-state index < -0.39 is 0 Å². The van der Waals surface area contributed by atoms with Gasteiger partial charge in [0.1, 0.15) is 5.82 Å². The molecule has 1 fully saturated rings. The lowest BCUT2D eigenvalue weighted by Crippen LogP contribution is -2.29. The molecule has 206 valence electrons. The largest absolute Gasteiger partial charge is 0.353 e. The molecule has 0 atom stereocenters. The molecule has 0 saturated heterocycles. The van der Waals surface area contributed by atoms with Gasteiger partial charge in [-0.05, 0) is 67.8 Å². The number of H-pyrrole nitrogens is 2. The second kappa shape index (κ2) is 11.6. The average molecular weight is 563 g/mol. The summed E-state index contributed by atoms with van der Waals surface area (Å²) in [5.74, 6) is 0.130. The predicted octanol–water partition coefficient (Wildman–Crippen LogP) is 8.28. The van der Waals surface area contributed by atoms with Crippen molar-refractivity contribution in [1.29, 1.82) is 0 Å². The van der Waals surface area contributed by atoms with E-state index in [1.165, 1.54) is 31.4 Å². The maximum absolute atomic E-state index is 14.0. The molecular formula is C33H31FN6S. The number of aromatic amines is 2. The highest BCUT2D eigenvalue weighted by atomic mass is 32.1. The maximum Gasteiger partial charge on any atom is 0.181 e. The zero-order valence-electron chi connectivity index (χ0n) is 22.9. The standard InChI is InChI=1S/C33H31FN6S/c1-3-20(16-25(4-2)37-33(41)21-9-6-5-7-10-21)23-17-27-31(39-40-32(27)36-19-23)29-18-26-28(38-29)13-14-35-30(26)22-11-8-12-24(34)15-22/h3-4,8,11-19,21,38H,2,5-7,9-10H2,1H3,(H,37,41)(H,36,39,40)/b20-3+,25-16+. The summed E-state index contributed by atoms with van der Waals surface area (Å²) in [6, 6.07) is 12.5. The quantitative estimate of drug-likeness (QED) is 0.137. The fourth-order valence-corrected chi connectivity index (χ4v) is 5.93. The molecule has 0 unspecified atom stereocenters. The van der Waals surface area contributed by atoms with Crippen molar-refractivity contribution in [2.45, 2.75) is 39.0 Å². The number of hydrogen-bond donors (Lipinski definition) is 3. The van der Waals surface area contributed by atoms with Crippen molar-refractivity contribution in [3.63, 3.8) is 0 Å². The zero-order chi connectivity index (χ0) is 28.3. The van der Waals surface area contributed by atoms with Crippen molar-refractivity contribution in [2.24, 2.45) is 5.92 Å². The molecule has 0 radical (unpaired) electrons. The first kappa shape index (κ1) is 26.8. The van der Waals surface area contributed by atoms with Gasteiger partial charge in [-0.15, -0.1) is 0 Å². The van der Waals surface area contributed by atoms with Crippen LogP contribution in [-0.2, 0) is 0 Å². The van der Waals surface area contributed by atoms with Crippen molar-refractivity contribution in [3.05, 3.63) is 96.7 Å². The Morgan fingerprint density at radius 3 is 2.73 bits per heavy atom. The normalized spacial score (nSPS) is 15.0. The second-order valence-electron chi connectivity index (χ2n) is 10.4. The Balaban J connectivity index is 1.34. The molecule has 4 aromatic heterocycles. The molecule has 4 heterocycles. The van der Waals surface area contributed by atoms with Gasteiger partial charge < -0.3 is 10.3 Å². The van der Waals surface area contributed by atoms with E-state index in [1.807, 2.05) is 37.4 Å². The lowest BCUT2D eigenvalue weighted by molar-refractivity contribution is 0.438. The molecule has 0 bridgehead atoms. The van der Waals surface area contributed by atoms with Crippen molar-refractivity contribution < 1.29 is 4.39 Å². The van der Waals surface area contributed by atoms with Gasteiger partial charge in [0.2, 0.25) is 0 Å². The Bertz CT molecular complexity index is 1820. The molecular weight excluding hydrogens is 531 g/mol. The first-order chi connectivity index (χ1) is 20.0. The third kappa shape index (κ3) is 5.47. The molecule has 6 nitrogen and oxygen atoms in total. The van der Waals surface area contributed by atoms with Crippen molar-refractivity contribution in [3.8, 4) is 22.6 Å². The predicted molar refractivity (Wildman–Crippen MR) is 169 cm³/mol. The number of fused-ring (bicyclic) bond motifs is 2. The minimum Gasteiger partial charge on any atom is -0.353 e. The Kier molecular flexibility index (Phi) is 7.57. The zero-order valence-corrected chi connectivity index (χ0v) is 23.7. The van der Waals surface area contributed by atoms with E-state index >= 15 is 0 Å². The van der Waals surface area contributed by atoms with Gasteiger partial charge in [-0.3, -0.25) is 10.1 Å². The monoisotopic (exact) mass is 562 g/mol. The van der Waals surface area contributed by atoms with E-state index in [4.69, 9.17) is 12.2 Å². The highest BCUT2D eigenvalue weighted by Crippen LogP contribution is 2.34. The minimum absolute atomic E-state index is 0.297. The summed E-state index contributed by atoms with van der Waals surface area (Å²) in [6.07, 6.45) is 15.5. The number of rotatable bonds is 7. The summed E-state index contributed by atoms with van der Waals surface area (Å²) >= 11 is 5.75. The van der Waals surface area contributed by atoms with Crippen LogP contribution in [0, 0.1) is 11.7 Å². The Morgan fingerprint density at radius 1 is 1.10 bits per heavy atom. The lowest BCUT2D eigenvalue weighted by Gasteiger charge is -2.23. The fraction of sp³-hybridized carbons (Fsp3) is 0.212. The molecule has 1 aliphatic carbocycles. The average Bonchev–Trinajstić information content (AvgIpc) is 3.63. The van der Waals surface area contributed by atoms with E-state index in [0.29, 0.717) is 17.3 Å². The van der Waals surface area contributed by atoms with Gasteiger partial charge in [-0.1, -0.05) is 56.3 Å². The molecule has 0 amide bonds. The topological polar surface area (TPSA) is 82.3 Å². The first-order valence-corrected chi connectivity index (χ1v) is 14.3. The van der Waals surface area contributed by atoms with E-state index in [0.717, 1.165) is 67.9 Å². The van der Waals surface area contributed by atoms with Crippen LogP contribution in [0.4, 0.5) is 4.39 Å². The lowest BCUT2D eigenvalue weighted by atomic mass is 9.89. The number of nitrogens with zero attached hydrogens (tertiary/aromatic N) is 3. The van der Waals surface area contributed by atoms with Gasteiger partial charge in [0, 0.05) is 51.4 Å². The molecule has 5 aromatic rings. The Morgan fingerprint density at radius 2 is 1.95 bits per heavy atom. The summed E-state index contributed by atoms with van der Waals surface area (Å²) in [5, 5.41) is 12.8. The summed E-state index contributed by atoms with van der Waals surface area (Å²) in [5.41, 5.74) is 7.42. The summed E-state index contributed by atoms with van der Waals surface area (Å²) < 4.78 is 14.0. The van der Waals surface area contributed by atoms with E-state index in [-0.39, 0.29) is 5.82 Å². The number of benzene rings is 1. The van der Waals surface area contributed by atoms with E-state index in [1.54, 1.807) is 12.3 Å². The number of aromatic nitrogens is 5. The number of nitrogens with one attached hydrogen (secondary N) is 3. The molecule has 3 N–H and O–H groups in total. The third-order valence-corrected chi connectivity index (χ3v) is 8.18. The molecule has 41 heavy (non-hydrogen) atoms. The van der Waals surface area contributed by atoms with Crippen LogP contribution in [0.15, 0.2) is 85.4 Å². The van der Waals surface area contributed by atoms with Crippen LogP contribution in [0.25, 0.3) is 50.2 Å². The molecule has 0 aliphatic heterocycles. The van der Waals surface area contributed by atoms with Crippen molar-refractivity contribution in [1.82, 2.24) is 30.5 Å². The number of pyridine rings is 2. The van der Waals surface area contributed by atoms with Gasteiger partial charge in [-0.2, -0.15) is 5.10 Å². The first-order valence-electron chi connectivity index (χ1n) is 13.9. The third-order valence-electron chi connectivity index (χ3n) is 7.74. The summed E-state index contributed by atoms with van der Waals surface area (Å²) in [6.45, 7) is 6.02. The van der Waals surface area contributed by atoms with Gasteiger partial charge >= 0.3 is 0 Å². The summed E-state index contributed by atoms with van der Waals surface area (Å²) in [4.78, 5) is 13.6. The molecule has 1 saturated carbocycles. The van der Waals surface area contributed by atoms with Gasteiger partial charge in [0.15, 0.2) is 5.65 Å². The molecule has 6 rings (SSSR count). The maximum atomic E-state index is 14.0. The second-order valence-corrected chi connectivity index (χ2v) is 10.8. The molecule has 1 aromatic carbocycles. The SMILES string of the molecule is C=C/C(=C\C(=C/C)c1cnc2n[nH]c(-c3cc4c(-c5cccc(F)c5)nccc4[nH]3)c2c1)NC(=S)C1CCCCC1. The van der Waals surface area contributed by atoms with E-state index in [9.17, 15) is 4.39 Å². The van der Waals surface area contributed by atoms with Crippen LogP contribution >= 0.6 is 12.2 Å². The highest BCUT2D eigenvalue weighted by molar-refractivity contribution is 7.80. The number of halogens is 1. The minimum atomic E-state index is -0.297. The fourth-order valence-electron chi connectivity index (χ4n) is 5.57. The summed E-state index contributed by atoms with van der Waals surface area (Å²) in [7, 11) is 0. The van der Waals surface area contributed by atoms with Crippen molar-refractivity contribution >= 4 is 44.7 Å². The highest BCUT2D eigenvalue weighted by Gasteiger charge is 2.19. The number of thiocarbonyl (C=S) groups is 1. The van der Waals surface area contributed by atoms with Gasteiger partial charge in [0.05, 0.1) is 22.1 Å². The van der Waals surface area contributed by atoms with Crippen LogP contribution in [-0.4, -0.2) is 30.1 Å². The smallest absolute Gasteiger partial charge is 0.181 e. The number of hydrogen-bond acceptors (Lipinski definition) is 4. The number of allylic oxidation sites excluding steroid dienone is 4. The Labute approximate surface area is 243 Å². The van der Waals surface area contributed by atoms with Crippen LogP contribution in [0.1, 0.15) is 44.6 Å². The molecule has 0 spiro atoms. The molecule has 1 aliphatic rings. The van der Waals surface area contributed by atoms with Gasteiger partial charge in [0.25, 0.3) is 0 Å². The van der Waals surface area contributed by atoms with Crippen molar-refractivity contribution in [2.75, 3.05) is 0 Å². The van der Waals surface area contributed by atoms with Crippen LogP contribution in [0.3, 0.4) is 0 Å². The van der Waals surface area contributed by atoms with Crippen LogP contribution in [0.5, 0.6) is 0 Å². The van der Waals surface area contributed by atoms with Gasteiger partial charge in [-0.25, -0.2) is 9.37 Å². The van der Waals surface area contributed by atoms with E-state index in [2.05, 4.69) is 55.3 Å². The van der Waals surface area contributed by atoms with Crippen LogP contribution in [0.2, 0.25) is 0 Å². The Hall–Kier alpha value is -4.43. The van der Waals surface area contributed by atoms with Crippen LogP contribution < -0.4 is 5.32 Å². The molecule has 8 heteroatoms.